The summed E-state index contributed by atoms with van der Waals surface area (Å²) in [6.07, 6.45) is 6.10. The molecular weight excluding hydrogens is 264 g/mol. The van der Waals surface area contributed by atoms with Crippen LogP contribution in [-0.4, -0.2) is 62.0 Å². The van der Waals surface area contributed by atoms with Gasteiger partial charge in [0.1, 0.15) is 0 Å². The third kappa shape index (κ3) is 5.20. The maximum absolute atomic E-state index is 9.15. The lowest BCUT2D eigenvalue weighted by molar-refractivity contribution is 0.0520. The van der Waals surface area contributed by atoms with Crippen LogP contribution in [0.1, 0.15) is 46.0 Å². The largest absolute Gasteiger partial charge is 0.396 e. The molecule has 1 aliphatic heterocycles. The Bertz CT molecular complexity index is 287. The third-order valence-corrected chi connectivity index (χ3v) is 4.97. The lowest BCUT2D eigenvalue weighted by Gasteiger charge is -2.42. The smallest absolute Gasteiger partial charge is 0.0547 e. The summed E-state index contributed by atoms with van der Waals surface area (Å²) in [6, 6.07) is 0.749. The van der Waals surface area contributed by atoms with Gasteiger partial charge in [-0.25, -0.2) is 0 Å². The first-order valence-electron chi connectivity index (χ1n) is 8.78. The van der Waals surface area contributed by atoms with Crippen LogP contribution in [0.15, 0.2) is 0 Å². The van der Waals surface area contributed by atoms with Crippen LogP contribution in [0, 0.1) is 11.3 Å². The van der Waals surface area contributed by atoms with Gasteiger partial charge in [-0.05, 0) is 38.1 Å². The number of hydrogen-bond acceptors (Lipinski definition) is 4. The molecule has 0 amide bonds. The van der Waals surface area contributed by atoms with Gasteiger partial charge >= 0.3 is 0 Å². The highest BCUT2D eigenvalue weighted by molar-refractivity contribution is 4.92. The lowest BCUT2D eigenvalue weighted by atomic mass is 9.83. The van der Waals surface area contributed by atoms with Crippen molar-refractivity contribution in [2.75, 3.05) is 46.0 Å². The minimum atomic E-state index is 0.278. The zero-order valence-electron chi connectivity index (χ0n) is 13.9. The summed E-state index contributed by atoms with van der Waals surface area (Å²) in [5.74, 6) is 0.696. The molecule has 124 valence electrons. The second-order valence-electron chi connectivity index (χ2n) is 7.46. The van der Waals surface area contributed by atoms with Crippen LogP contribution in [0.2, 0.25) is 0 Å². The molecule has 4 heteroatoms. The summed E-state index contributed by atoms with van der Waals surface area (Å²) in [5.41, 5.74) is 0.278. The molecule has 1 saturated heterocycles. The predicted molar refractivity (Wildman–Crippen MR) is 86.5 cm³/mol. The van der Waals surface area contributed by atoms with Crippen LogP contribution >= 0.6 is 0 Å². The van der Waals surface area contributed by atoms with Crippen LogP contribution in [0.4, 0.5) is 0 Å². The average Bonchev–Trinajstić information content (AvgIpc) is 2.82. The summed E-state index contributed by atoms with van der Waals surface area (Å²) in [4.78, 5) is 2.63. The molecule has 0 bridgehead atoms. The maximum atomic E-state index is 9.15. The van der Waals surface area contributed by atoms with Crippen molar-refractivity contribution in [3.8, 4) is 0 Å². The van der Waals surface area contributed by atoms with Crippen molar-refractivity contribution >= 4 is 0 Å². The highest BCUT2D eigenvalue weighted by atomic mass is 16.5. The second-order valence-corrected chi connectivity index (χ2v) is 7.46. The van der Waals surface area contributed by atoms with E-state index in [9.17, 15) is 0 Å². The Morgan fingerprint density at radius 2 is 2.19 bits per heavy atom. The summed E-state index contributed by atoms with van der Waals surface area (Å²) in [6.45, 7) is 10.9. The quantitative estimate of drug-likeness (QED) is 0.646. The molecule has 2 aliphatic rings. The summed E-state index contributed by atoms with van der Waals surface area (Å²) < 4.78 is 5.74. The van der Waals surface area contributed by atoms with E-state index in [0.29, 0.717) is 12.5 Å². The Kier molecular flexibility index (Phi) is 6.93. The zero-order valence-corrected chi connectivity index (χ0v) is 13.9. The fourth-order valence-electron chi connectivity index (χ4n) is 3.44. The molecule has 1 heterocycles. The lowest BCUT2D eigenvalue weighted by Crippen LogP contribution is -2.50. The molecule has 0 aromatic rings. The van der Waals surface area contributed by atoms with Gasteiger partial charge in [0.05, 0.1) is 6.61 Å². The van der Waals surface area contributed by atoms with Crippen LogP contribution < -0.4 is 5.32 Å². The van der Waals surface area contributed by atoms with Crippen LogP contribution in [0.3, 0.4) is 0 Å². The van der Waals surface area contributed by atoms with Crippen LogP contribution in [-0.2, 0) is 4.74 Å². The van der Waals surface area contributed by atoms with Gasteiger partial charge in [-0.15, -0.1) is 0 Å². The highest BCUT2D eigenvalue weighted by Gasteiger charge is 2.38. The van der Waals surface area contributed by atoms with E-state index in [1.165, 1.54) is 25.7 Å². The highest BCUT2D eigenvalue weighted by Crippen LogP contribution is 2.33. The molecule has 1 aliphatic carbocycles. The molecule has 1 unspecified atom stereocenters. The van der Waals surface area contributed by atoms with Gasteiger partial charge in [0.15, 0.2) is 0 Å². The number of aliphatic hydroxyl groups is 1. The SMILES string of the molecule is CC(C)CNCC1(CN(CCCO)C2CCC2)CCOC1. The fourth-order valence-corrected chi connectivity index (χ4v) is 3.44. The van der Waals surface area contributed by atoms with Crippen molar-refractivity contribution < 1.29 is 9.84 Å². The van der Waals surface area contributed by atoms with Gasteiger partial charge < -0.3 is 15.2 Å². The summed E-state index contributed by atoms with van der Waals surface area (Å²) in [7, 11) is 0. The van der Waals surface area contributed by atoms with Gasteiger partial charge in [-0.2, -0.15) is 0 Å². The van der Waals surface area contributed by atoms with E-state index in [1.807, 2.05) is 0 Å². The van der Waals surface area contributed by atoms with Gasteiger partial charge in [0.2, 0.25) is 0 Å². The Morgan fingerprint density at radius 3 is 2.71 bits per heavy atom. The van der Waals surface area contributed by atoms with E-state index in [4.69, 9.17) is 9.84 Å². The molecule has 0 spiro atoms. The van der Waals surface area contributed by atoms with Crippen molar-refractivity contribution in [2.45, 2.75) is 52.0 Å². The predicted octanol–water partition coefficient (Wildman–Crippen LogP) is 1.88. The van der Waals surface area contributed by atoms with E-state index in [1.54, 1.807) is 0 Å². The molecule has 2 fully saturated rings. The minimum absolute atomic E-state index is 0.278. The summed E-state index contributed by atoms with van der Waals surface area (Å²) in [5, 5.41) is 12.8. The Morgan fingerprint density at radius 1 is 1.38 bits per heavy atom. The van der Waals surface area contributed by atoms with Gasteiger partial charge in [0.25, 0.3) is 0 Å². The van der Waals surface area contributed by atoms with Crippen LogP contribution in [0.5, 0.6) is 0 Å². The molecule has 0 aromatic carbocycles. The number of hydrogen-bond donors (Lipinski definition) is 2. The Hall–Kier alpha value is -0.160. The monoisotopic (exact) mass is 298 g/mol. The van der Waals surface area contributed by atoms with Crippen LogP contribution in [0.25, 0.3) is 0 Å². The second kappa shape index (κ2) is 8.47. The van der Waals surface area contributed by atoms with Crippen molar-refractivity contribution in [1.82, 2.24) is 10.2 Å². The van der Waals surface area contributed by atoms with E-state index in [2.05, 4.69) is 24.1 Å². The summed E-state index contributed by atoms with van der Waals surface area (Å²) >= 11 is 0. The topological polar surface area (TPSA) is 44.7 Å². The Balaban J connectivity index is 1.88. The number of nitrogens with one attached hydrogen (secondary N) is 1. The van der Waals surface area contributed by atoms with Crippen molar-refractivity contribution in [2.24, 2.45) is 11.3 Å². The third-order valence-electron chi connectivity index (χ3n) is 4.97. The first-order valence-corrected chi connectivity index (χ1v) is 8.78. The Labute approximate surface area is 130 Å². The molecule has 2 rings (SSSR count). The minimum Gasteiger partial charge on any atom is -0.396 e. The molecule has 1 saturated carbocycles. The molecule has 0 aromatic heterocycles. The average molecular weight is 298 g/mol. The van der Waals surface area contributed by atoms with Crippen molar-refractivity contribution in [1.29, 1.82) is 0 Å². The normalized spacial score (nSPS) is 26.7. The number of aliphatic hydroxyl groups excluding tert-OH is 1. The maximum Gasteiger partial charge on any atom is 0.0547 e. The van der Waals surface area contributed by atoms with E-state index < -0.39 is 0 Å². The molecule has 4 nitrogen and oxygen atoms in total. The number of rotatable bonds is 10. The standard InChI is InChI=1S/C17H34N2O2/c1-15(2)11-18-12-17(7-10-21-14-17)13-19(8-4-9-20)16-5-3-6-16/h15-16,18,20H,3-14H2,1-2H3. The molecule has 1 atom stereocenters. The van der Waals surface area contributed by atoms with E-state index in [-0.39, 0.29) is 5.41 Å². The first kappa shape index (κ1) is 17.2. The molecule has 2 N–H and O–H groups in total. The molecule has 0 radical (unpaired) electrons. The van der Waals surface area contributed by atoms with Gasteiger partial charge in [-0.1, -0.05) is 20.3 Å². The van der Waals surface area contributed by atoms with Crippen molar-refractivity contribution in [3.63, 3.8) is 0 Å². The molecular formula is C17H34N2O2. The first-order chi connectivity index (χ1) is 10.2. The zero-order chi connectivity index (χ0) is 15.1. The fraction of sp³-hybridized carbons (Fsp3) is 1.00. The molecule has 21 heavy (non-hydrogen) atoms. The number of ether oxygens (including phenoxy) is 1. The van der Waals surface area contributed by atoms with Crippen molar-refractivity contribution in [3.05, 3.63) is 0 Å². The van der Waals surface area contributed by atoms with Gasteiger partial charge in [0, 0.05) is 44.3 Å². The van der Waals surface area contributed by atoms with Gasteiger partial charge in [-0.3, -0.25) is 4.90 Å². The van der Waals surface area contributed by atoms with E-state index in [0.717, 1.165) is 51.9 Å². The van der Waals surface area contributed by atoms with E-state index >= 15 is 0 Å². The number of nitrogens with zero attached hydrogens (tertiary/aromatic N) is 1.